The second kappa shape index (κ2) is 8.12. The summed E-state index contributed by atoms with van der Waals surface area (Å²) in [4.78, 5) is 17.1. The average Bonchev–Trinajstić information content (AvgIpc) is 2.57. The zero-order chi connectivity index (χ0) is 16.8. The second-order valence-corrected chi connectivity index (χ2v) is 5.90. The molecule has 0 spiro atoms. The number of nitrogens with two attached hydrogens (primary N) is 2. The lowest BCUT2D eigenvalue weighted by atomic mass is 9.98. The molecule has 23 heavy (non-hydrogen) atoms. The maximum absolute atomic E-state index is 12.5. The van der Waals surface area contributed by atoms with E-state index in [1.165, 1.54) is 0 Å². The van der Waals surface area contributed by atoms with Crippen molar-refractivity contribution in [1.82, 2.24) is 0 Å². The number of nitrogens with zero attached hydrogens (tertiary/aromatic N) is 1. The van der Waals surface area contributed by atoms with Crippen LogP contribution in [0, 0.1) is 0 Å². The molecule has 7 heteroatoms. The third kappa shape index (κ3) is 4.33. The van der Waals surface area contributed by atoms with Crippen molar-refractivity contribution in [3.63, 3.8) is 0 Å². The van der Waals surface area contributed by atoms with Gasteiger partial charge in [0, 0.05) is 17.3 Å². The van der Waals surface area contributed by atoms with Crippen LogP contribution >= 0.6 is 23.5 Å². The third-order valence-electron chi connectivity index (χ3n) is 3.35. The molecule has 0 fully saturated rings. The predicted molar refractivity (Wildman–Crippen MR) is 97.6 cm³/mol. The normalized spacial score (nSPS) is 11.8. The molecule has 2 rings (SSSR count). The van der Waals surface area contributed by atoms with Crippen LogP contribution in [0.1, 0.15) is 11.5 Å². The summed E-state index contributed by atoms with van der Waals surface area (Å²) in [6.45, 7) is 3.68. The van der Waals surface area contributed by atoms with E-state index in [1.807, 2.05) is 0 Å². The van der Waals surface area contributed by atoms with Crippen LogP contribution in [-0.4, -0.2) is 19.2 Å². The van der Waals surface area contributed by atoms with Crippen molar-refractivity contribution in [2.45, 2.75) is 10.8 Å². The first kappa shape index (κ1) is 17.5. The number of aliphatic imine (C=N–C) groups is 1. The number of benzene rings is 2. The van der Waals surface area contributed by atoms with Crippen molar-refractivity contribution in [2.75, 3.05) is 11.9 Å². The fraction of sp³-hybridized carbons (Fsp3) is 0.125. The van der Waals surface area contributed by atoms with Crippen LogP contribution in [0.25, 0.3) is 0 Å². The molecule has 0 unspecified atom stereocenters. The van der Waals surface area contributed by atoms with E-state index in [0.717, 1.165) is 22.4 Å². The van der Waals surface area contributed by atoms with Crippen molar-refractivity contribution in [2.24, 2.45) is 15.9 Å². The molecule has 120 valence electrons. The standard InChI is InChI=1S/C16H17ClN4OS/c1-20-14-7-6-12(8-15(14)23-19)21-16(22)13(9-18)10-2-4-11(17)5-3-10/h2-8,13H,1,9,18-19H2,(H,21,22)/t13-/m1/s1. The van der Waals surface area contributed by atoms with E-state index in [4.69, 9.17) is 22.5 Å². The molecule has 0 aliphatic heterocycles. The van der Waals surface area contributed by atoms with Gasteiger partial charge in [-0.3, -0.25) is 14.9 Å². The molecule has 0 aliphatic rings. The highest BCUT2D eigenvalue weighted by atomic mass is 35.5. The van der Waals surface area contributed by atoms with Gasteiger partial charge in [0.2, 0.25) is 5.91 Å². The van der Waals surface area contributed by atoms with Crippen LogP contribution in [0.3, 0.4) is 0 Å². The molecule has 0 aromatic heterocycles. The summed E-state index contributed by atoms with van der Waals surface area (Å²) >= 11 is 6.92. The summed E-state index contributed by atoms with van der Waals surface area (Å²) in [5.74, 6) is -0.652. The van der Waals surface area contributed by atoms with E-state index >= 15 is 0 Å². The highest BCUT2D eigenvalue weighted by Gasteiger charge is 2.19. The van der Waals surface area contributed by atoms with Gasteiger partial charge in [-0.05, 0) is 54.6 Å². The molecule has 0 aliphatic carbocycles. The Morgan fingerprint density at radius 2 is 2.00 bits per heavy atom. The summed E-state index contributed by atoms with van der Waals surface area (Å²) in [6.07, 6.45) is 0. The highest BCUT2D eigenvalue weighted by Crippen LogP contribution is 2.29. The smallest absolute Gasteiger partial charge is 0.233 e. The number of hydrogen-bond donors (Lipinski definition) is 3. The van der Waals surface area contributed by atoms with E-state index in [1.54, 1.807) is 42.5 Å². The Hall–Kier alpha value is -1.86. The zero-order valence-electron chi connectivity index (χ0n) is 12.3. The molecule has 5 nitrogen and oxygen atoms in total. The molecule has 0 saturated carbocycles. The molecule has 2 aromatic carbocycles. The van der Waals surface area contributed by atoms with Crippen molar-refractivity contribution in [3.05, 3.63) is 53.1 Å². The first-order chi connectivity index (χ1) is 11.1. The summed E-state index contributed by atoms with van der Waals surface area (Å²) < 4.78 is 0. The predicted octanol–water partition coefficient (Wildman–Crippen LogP) is 3.32. The third-order valence-corrected chi connectivity index (χ3v) is 4.18. The number of carbonyl (C=O) groups excluding carboxylic acids is 1. The van der Waals surface area contributed by atoms with Crippen LogP contribution in [0.2, 0.25) is 5.02 Å². The minimum absolute atomic E-state index is 0.192. The van der Waals surface area contributed by atoms with Gasteiger partial charge < -0.3 is 11.1 Å². The summed E-state index contributed by atoms with van der Waals surface area (Å²) in [5, 5.41) is 9.06. The van der Waals surface area contributed by atoms with Gasteiger partial charge in [0.1, 0.15) is 0 Å². The van der Waals surface area contributed by atoms with Gasteiger partial charge in [-0.2, -0.15) is 0 Å². The summed E-state index contributed by atoms with van der Waals surface area (Å²) in [7, 11) is 0. The fourth-order valence-electron chi connectivity index (χ4n) is 2.14. The van der Waals surface area contributed by atoms with Crippen molar-refractivity contribution >= 4 is 47.5 Å². The Bertz CT molecular complexity index is 706. The minimum Gasteiger partial charge on any atom is -0.329 e. The number of anilines is 1. The van der Waals surface area contributed by atoms with Crippen molar-refractivity contribution < 1.29 is 4.79 Å². The Morgan fingerprint density at radius 3 is 2.57 bits per heavy atom. The molecule has 5 N–H and O–H groups in total. The molecule has 0 radical (unpaired) electrons. The lowest BCUT2D eigenvalue weighted by Crippen LogP contribution is -2.27. The van der Waals surface area contributed by atoms with E-state index in [9.17, 15) is 4.79 Å². The van der Waals surface area contributed by atoms with Crippen LogP contribution in [0.15, 0.2) is 52.4 Å². The molecule has 2 aromatic rings. The van der Waals surface area contributed by atoms with Crippen LogP contribution in [0.4, 0.5) is 11.4 Å². The minimum atomic E-state index is -0.460. The van der Waals surface area contributed by atoms with Gasteiger partial charge in [-0.25, -0.2) is 0 Å². The van der Waals surface area contributed by atoms with E-state index in [0.29, 0.717) is 16.4 Å². The van der Waals surface area contributed by atoms with Gasteiger partial charge in [0.15, 0.2) is 0 Å². The Kier molecular flexibility index (Phi) is 6.18. The van der Waals surface area contributed by atoms with Gasteiger partial charge >= 0.3 is 0 Å². The monoisotopic (exact) mass is 348 g/mol. The molecule has 0 saturated heterocycles. The van der Waals surface area contributed by atoms with Crippen molar-refractivity contribution in [3.8, 4) is 0 Å². The van der Waals surface area contributed by atoms with Gasteiger partial charge in [0.25, 0.3) is 0 Å². The quantitative estimate of drug-likeness (QED) is 0.551. The van der Waals surface area contributed by atoms with Crippen molar-refractivity contribution in [1.29, 1.82) is 0 Å². The largest absolute Gasteiger partial charge is 0.329 e. The molecule has 1 amide bonds. The first-order valence-corrected chi connectivity index (χ1v) is 8.08. The molecular formula is C16H17ClN4OS. The summed E-state index contributed by atoms with van der Waals surface area (Å²) in [5.41, 5.74) is 7.87. The lowest BCUT2D eigenvalue weighted by molar-refractivity contribution is -0.117. The number of halogens is 1. The SMILES string of the molecule is C=Nc1ccc(NC(=O)[C@H](CN)c2ccc(Cl)cc2)cc1SN. The van der Waals surface area contributed by atoms with Crippen LogP contribution < -0.4 is 16.2 Å². The van der Waals surface area contributed by atoms with Crippen LogP contribution in [-0.2, 0) is 4.79 Å². The Labute approximate surface area is 144 Å². The topological polar surface area (TPSA) is 93.5 Å². The van der Waals surface area contributed by atoms with E-state index in [-0.39, 0.29) is 12.5 Å². The van der Waals surface area contributed by atoms with Gasteiger partial charge in [-0.15, -0.1) is 0 Å². The van der Waals surface area contributed by atoms with Gasteiger partial charge in [0.05, 0.1) is 16.5 Å². The molecule has 0 heterocycles. The number of amides is 1. The molecular weight excluding hydrogens is 332 g/mol. The number of carbonyl (C=O) groups is 1. The highest BCUT2D eigenvalue weighted by molar-refractivity contribution is 7.97. The van der Waals surface area contributed by atoms with Crippen LogP contribution in [0.5, 0.6) is 0 Å². The Morgan fingerprint density at radius 1 is 1.30 bits per heavy atom. The van der Waals surface area contributed by atoms with E-state index in [2.05, 4.69) is 17.0 Å². The molecule has 1 atom stereocenters. The Balaban J connectivity index is 2.19. The summed E-state index contributed by atoms with van der Waals surface area (Å²) in [6, 6.07) is 12.3. The second-order valence-electron chi connectivity index (χ2n) is 4.79. The van der Waals surface area contributed by atoms with Gasteiger partial charge in [-0.1, -0.05) is 23.7 Å². The average molecular weight is 349 g/mol. The fourth-order valence-corrected chi connectivity index (χ4v) is 2.71. The number of rotatable bonds is 6. The first-order valence-electron chi connectivity index (χ1n) is 6.83. The van der Waals surface area contributed by atoms with E-state index < -0.39 is 5.92 Å². The maximum Gasteiger partial charge on any atom is 0.233 e. The lowest BCUT2D eigenvalue weighted by Gasteiger charge is -2.16. The zero-order valence-corrected chi connectivity index (χ0v) is 13.9. The molecule has 0 bridgehead atoms. The number of hydrogen-bond acceptors (Lipinski definition) is 5. The number of nitrogens with one attached hydrogen (secondary N) is 1. The maximum atomic E-state index is 12.5.